The molecule has 1 aromatic carbocycles. The van der Waals surface area contributed by atoms with Crippen molar-refractivity contribution in [2.75, 3.05) is 56.2 Å². The first-order valence-corrected chi connectivity index (χ1v) is 15.8. The molecule has 0 aliphatic carbocycles. The van der Waals surface area contributed by atoms with Crippen molar-refractivity contribution >= 4 is 29.0 Å². The van der Waals surface area contributed by atoms with Gasteiger partial charge in [-0.25, -0.2) is 23.7 Å². The largest absolute Gasteiger partial charge is 0.464 e. The molecule has 3 fully saturated rings. The molecule has 0 saturated carbocycles. The summed E-state index contributed by atoms with van der Waals surface area (Å²) in [7, 11) is 1.35. The van der Waals surface area contributed by atoms with E-state index in [0.717, 1.165) is 80.9 Å². The molecule has 11 heteroatoms. The monoisotopic (exact) mass is 611 g/mol. The number of hydrogen-bond acceptors (Lipinski definition) is 8. The smallest absolute Gasteiger partial charge is 0.356 e. The molecule has 0 radical (unpaired) electrons. The van der Waals surface area contributed by atoms with Crippen molar-refractivity contribution in [1.82, 2.24) is 24.5 Å². The number of carbonyl (C=O) groups is 2. The van der Waals surface area contributed by atoms with E-state index in [0.29, 0.717) is 30.3 Å². The number of anilines is 2. The van der Waals surface area contributed by atoms with Gasteiger partial charge in [-0.3, -0.25) is 4.79 Å². The number of nitrogens with zero attached hydrogens (tertiary/aromatic N) is 7. The molecule has 0 N–H and O–H groups in total. The summed E-state index contributed by atoms with van der Waals surface area (Å²) in [5.74, 6) is 0.530. The fourth-order valence-electron chi connectivity index (χ4n) is 7.37. The Hall–Kier alpha value is -4.54. The predicted octanol–water partition coefficient (Wildman–Crippen LogP) is 4.88. The quantitative estimate of drug-likeness (QED) is 0.295. The van der Waals surface area contributed by atoms with E-state index >= 15 is 0 Å². The number of benzene rings is 1. The maximum atomic E-state index is 13.8. The fraction of sp³-hybridized carbons (Fsp3) is 0.441. The number of hydrogen-bond donors (Lipinski definition) is 0. The minimum absolute atomic E-state index is 0.0308. The normalized spacial score (nSPS) is 21.9. The lowest BCUT2D eigenvalue weighted by Gasteiger charge is -2.25. The number of aryl methyl sites for hydroxylation is 1. The van der Waals surface area contributed by atoms with Gasteiger partial charge in [0.1, 0.15) is 11.6 Å². The van der Waals surface area contributed by atoms with Crippen LogP contribution in [0.1, 0.15) is 70.3 Å². The Labute approximate surface area is 261 Å². The average molecular weight is 612 g/mol. The van der Waals surface area contributed by atoms with E-state index in [1.54, 1.807) is 22.7 Å². The van der Waals surface area contributed by atoms with Crippen molar-refractivity contribution in [2.24, 2.45) is 5.41 Å². The summed E-state index contributed by atoms with van der Waals surface area (Å²) in [5, 5.41) is 4.66. The Balaban J connectivity index is 1.03. The summed E-state index contributed by atoms with van der Waals surface area (Å²) in [4.78, 5) is 41.3. The summed E-state index contributed by atoms with van der Waals surface area (Å²) in [5.41, 5.74) is 4.04. The summed E-state index contributed by atoms with van der Waals surface area (Å²) in [6, 6.07) is 14.5. The number of aromatic nitrogens is 4. The van der Waals surface area contributed by atoms with Crippen LogP contribution in [0.15, 0.2) is 54.7 Å². The third-order valence-corrected chi connectivity index (χ3v) is 9.82. The molecule has 3 saturated heterocycles. The molecular weight excluding hydrogens is 573 g/mol. The van der Waals surface area contributed by atoms with Crippen LogP contribution in [0.5, 0.6) is 0 Å². The van der Waals surface area contributed by atoms with Gasteiger partial charge in [-0.2, -0.15) is 0 Å². The molecular formula is C34H38FN7O3. The predicted molar refractivity (Wildman–Crippen MR) is 168 cm³/mol. The Bertz CT molecular complexity index is 1760. The number of carbonyl (C=O) groups excluding carboxylic acids is 2. The standard InChI is InChI=1S/C34H38FN7O3/c1-23-18-27(39-14-5-7-24(11-15-39)25-6-3-8-26(35)19-25)20-42-31(23)37-30(38-42)32(43)41-17-13-34(22-41)12-16-40(21-34)29-10-4-9-28(36-29)33(44)45-2/h3-4,6,8-10,18-20,24H,5,7,11-17,21-22H2,1-2H3/t24?,34-/m1/s1. The van der Waals surface area contributed by atoms with Gasteiger partial charge in [0.15, 0.2) is 11.3 Å². The first kappa shape index (κ1) is 29.2. The van der Waals surface area contributed by atoms with E-state index in [1.165, 1.54) is 13.2 Å². The van der Waals surface area contributed by atoms with Gasteiger partial charge in [0.25, 0.3) is 5.91 Å². The Kier molecular flexibility index (Phi) is 7.63. The highest BCUT2D eigenvalue weighted by atomic mass is 19.1. The molecule has 6 heterocycles. The van der Waals surface area contributed by atoms with Gasteiger partial charge in [0.05, 0.1) is 19.0 Å². The molecule has 3 aliphatic rings. The molecule has 1 amide bonds. The maximum absolute atomic E-state index is 13.8. The SMILES string of the molecule is COC(=O)c1cccc(N2CC[C@@]3(CCN(C(=O)c4nc5c(C)cc(N6CCCC(c7cccc(F)c7)CC6)cn5n4)C3)C2)n1. The Morgan fingerprint density at radius 1 is 0.956 bits per heavy atom. The fourth-order valence-corrected chi connectivity index (χ4v) is 7.37. The van der Waals surface area contributed by atoms with Crippen LogP contribution < -0.4 is 9.80 Å². The van der Waals surface area contributed by atoms with Gasteiger partial charge >= 0.3 is 5.97 Å². The number of likely N-dealkylation sites (tertiary alicyclic amines) is 1. The van der Waals surface area contributed by atoms with E-state index in [2.05, 4.69) is 30.9 Å². The second kappa shape index (κ2) is 11.8. The third kappa shape index (κ3) is 5.71. The molecule has 234 valence electrons. The number of ether oxygens (including phenoxy) is 1. The van der Waals surface area contributed by atoms with Crippen molar-refractivity contribution in [2.45, 2.75) is 44.9 Å². The third-order valence-electron chi connectivity index (χ3n) is 9.82. The van der Waals surface area contributed by atoms with Crippen molar-refractivity contribution in [3.05, 3.63) is 83.2 Å². The van der Waals surface area contributed by atoms with Gasteiger partial charge in [0, 0.05) is 44.7 Å². The molecule has 3 aliphatic heterocycles. The topological polar surface area (TPSA) is 96.2 Å². The average Bonchev–Trinajstić information content (AvgIpc) is 3.75. The van der Waals surface area contributed by atoms with Crippen LogP contribution in [0, 0.1) is 18.2 Å². The number of halogens is 1. The summed E-state index contributed by atoms with van der Waals surface area (Å²) >= 11 is 0. The van der Waals surface area contributed by atoms with Crippen LogP contribution >= 0.6 is 0 Å². The van der Waals surface area contributed by atoms with Crippen molar-refractivity contribution < 1.29 is 18.7 Å². The molecule has 45 heavy (non-hydrogen) atoms. The molecule has 1 spiro atoms. The van der Waals surface area contributed by atoms with E-state index in [-0.39, 0.29) is 23.0 Å². The second-order valence-corrected chi connectivity index (χ2v) is 12.8. The van der Waals surface area contributed by atoms with Crippen LogP contribution in [0.2, 0.25) is 0 Å². The minimum atomic E-state index is -0.452. The number of amides is 1. The highest BCUT2D eigenvalue weighted by Crippen LogP contribution is 2.41. The van der Waals surface area contributed by atoms with E-state index in [9.17, 15) is 14.0 Å². The molecule has 0 bridgehead atoms. The zero-order valence-corrected chi connectivity index (χ0v) is 25.8. The Morgan fingerprint density at radius 2 is 1.80 bits per heavy atom. The van der Waals surface area contributed by atoms with E-state index in [4.69, 9.17) is 4.74 Å². The Morgan fingerprint density at radius 3 is 2.64 bits per heavy atom. The summed E-state index contributed by atoms with van der Waals surface area (Å²) < 4.78 is 20.4. The van der Waals surface area contributed by atoms with E-state index < -0.39 is 5.97 Å². The number of methoxy groups -OCH3 is 1. The molecule has 10 nitrogen and oxygen atoms in total. The van der Waals surface area contributed by atoms with Crippen LogP contribution in [0.4, 0.5) is 15.9 Å². The van der Waals surface area contributed by atoms with Gasteiger partial charge in [-0.15, -0.1) is 5.10 Å². The molecule has 4 aromatic rings. The van der Waals surface area contributed by atoms with Crippen molar-refractivity contribution in [3.63, 3.8) is 0 Å². The van der Waals surface area contributed by atoms with Crippen LogP contribution in [-0.2, 0) is 4.74 Å². The number of esters is 1. The summed E-state index contributed by atoms with van der Waals surface area (Å²) in [6.07, 6.45) is 6.80. The highest BCUT2D eigenvalue weighted by molar-refractivity contribution is 5.91. The zero-order valence-electron chi connectivity index (χ0n) is 25.8. The molecule has 3 aromatic heterocycles. The van der Waals surface area contributed by atoms with Crippen LogP contribution in [0.3, 0.4) is 0 Å². The van der Waals surface area contributed by atoms with Crippen molar-refractivity contribution in [3.8, 4) is 0 Å². The lowest BCUT2D eigenvalue weighted by atomic mass is 9.86. The second-order valence-electron chi connectivity index (χ2n) is 12.8. The lowest BCUT2D eigenvalue weighted by Crippen LogP contribution is -2.34. The number of fused-ring (bicyclic) bond motifs is 1. The van der Waals surface area contributed by atoms with Crippen LogP contribution in [0.25, 0.3) is 5.65 Å². The first-order valence-electron chi connectivity index (χ1n) is 15.8. The summed E-state index contributed by atoms with van der Waals surface area (Å²) in [6.45, 7) is 6.66. The van der Waals surface area contributed by atoms with E-state index in [1.807, 2.05) is 36.2 Å². The minimum Gasteiger partial charge on any atom is -0.464 e. The first-order chi connectivity index (χ1) is 21.8. The van der Waals surface area contributed by atoms with Gasteiger partial charge in [-0.1, -0.05) is 18.2 Å². The van der Waals surface area contributed by atoms with Gasteiger partial charge < -0.3 is 19.4 Å². The molecule has 2 atom stereocenters. The number of rotatable bonds is 5. The maximum Gasteiger partial charge on any atom is 0.356 e. The van der Waals surface area contributed by atoms with Crippen LogP contribution in [-0.4, -0.2) is 82.7 Å². The molecule has 1 unspecified atom stereocenters. The highest BCUT2D eigenvalue weighted by Gasteiger charge is 2.45. The lowest BCUT2D eigenvalue weighted by molar-refractivity contribution is 0.0593. The van der Waals surface area contributed by atoms with Crippen molar-refractivity contribution in [1.29, 1.82) is 0 Å². The van der Waals surface area contributed by atoms with Gasteiger partial charge in [-0.05, 0) is 86.4 Å². The molecule has 7 rings (SSSR count). The van der Waals surface area contributed by atoms with Gasteiger partial charge in [0.2, 0.25) is 5.82 Å². The number of pyridine rings is 2. The zero-order chi connectivity index (χ0) is 31.1.